The highest BCUT2D eigenvalue weighted by atomic mass is 14.8. The first-order valence-electron chi connectivity index (χ1n) is 9.01. The van der Waals surface area contributed by atoms with Crippen molar-refractivity contribution in [2.45, 2.75) is 52.9 Å². The molecule has 21 heavy (non-hydrogen) atoms. The number of rotatable bonds is 0. The molecule has 0 N–H and O–H groups in total. The Morgan fingerprint density at radius 2 is 1.24 bits per heavy atom. The van der Waals surface area contributed by atoms with Crippen LogP contribution in [0.15, 0.2) is 0 Å². The Hall–Kier alpha value is -0.880. The maximum Gasteiger partial charge on any atom is 0.0348 e. The van der Waals surface area contributed by atoms with Gasteiger partial charge in [0.2, 0.25) is 0 Å². The third-order valence-electron chi connectivity index (χ3n) is 8.48. The molecule has 0 amide bonds. The molecule has 8 bridgehead atoms. The summed E-state index contributed by atoms with van der Waals surface area (Å²) in [5.41, 5.74) is 0.817. The second kappa shape index (κ2) is 3.71. The average Bonchev–Trinajstić information content (AvgIpc) is 2.45. The van der Waals surface area contributed by atoms with Crippen molar-refractivity contribution in [2.24, 2.45) is 52.3 Å². The molecule has 0 spiro atoms. The van der Waals surface area contributed by atoms with Crippen molar-refractivity contribution in [1.82, 2.24) is 0 Å². The number of hydrogen-bond donors (Lipinski definition) is 0. The van der Waals surface area contributed by atoms with E-state index in [2.05, 4.69) is 37.5 Å². The molecule has 0 saturated heterocycles. The summed E-state index contributed by atoms with van der Waals surface area (Å²) in [4.78, 5) is 0. The van der Waals surface area contributed by atoms with Gasteiger partial charge in [-0.1, -0.05) is 18.8 Å². The topological polar surface area (TPSA) is 0 Å². The molecule has 0 aliphatic heterocycles. The van der Waals surface area contributed by atoms with E-state index in [-0.39, 0.29) is 0 Å². The smallest absolute Gasteiger partial charge is 0.0348 e. The summed E-state index contributed by atoms with van der Waals surface area (Å²) in [6, 6.07) is 0. The first-order chi connectivity index (χ1) is 10.1. The fourth-order valence-electron chi connectivity index (χ4n) is 8.22. The van der Waals surface area contributed by atoms with Gasteiger partial charge in [0.1, 0.15) is 0 Å². The van der Waals surface area contributed by atoms with Crippen LogP contribution in [0.2, 0.25) is 0 Å². The molecule has 5 atom stereocenters. The van der Waals surface area contributed by atoms with Crippen molar-refractivity contribution in [3.8, 4) is 23.7 Å². The predicted molar refractivity (Wildman–Crippen MR) is 85.0 cm³/mol. The van der Waals surface area contributed by atoms with Crippen molar-refractivity contribution in [2.75, 3.05) is 0 Å². The minimum absolute atomic E-state index is 0.395. The largest absolute Gasteiger partial charge is 0.106 e. The molecule has 5 unspecified atom stereocenters. The lowest BCUT2D eigenvalue weighted by Gasteiger charge is -2.75. The average molecular weight is 278 g/mol. The summed E-state index contributed by atoms with van der Waals surface area (Å²) in [5.74, 6) is 20.8. The Bertz CT molecular complexity index is 594. The zero-order valence-electron chi connectivity index (χ0n) is 13.6. The molecule has 7 aliphatic carbocycles. The third-order valence-corrected chi connectivity index (χ3v) is 8.48. The van der Waals surface area contributed by atoms with Gasteiger partial charge in [0.25, 0.3) is 0 Å². The summed E-state index contributed by atoms with van der Waals surface area (Å²) >= 11 is 0. The predicted octanol–water partition coefficient (Wildman–Crippen LogP) is 4.36. The summed E-state index contributed by atoms with van der Waals surface area (Å²) < 4.78 is 0. The molecule has 0 radical (unpaired) electrons. The fourth-order valence-corrected chi connectivity index (χ4v) is 8.22. The van der Waals surface area contributed by atoms with Gasteiger partial charge in [0, 0.05) is 10.8 Å². The lowest BCUT2D eigenvalue weighted by Crippen LogP contribution is -2.69. The van der Waals surface area contributed by atoms with Crippen LogP contribution in [0.3, 0.4) is 0 Å². The van der Waals surface area contributed by atoms with Crippen LogP contribution in [-0.2, 0) is 0 Å². The first kappa shape index (κ1) is 12.6. The second-order valence-corrected chi connectivity index (χ2v) is 8.89. The van der Waals surface area contributed by atoms with Crippen LogP contribution in [0.5, 0.6) is 0 Å². The van der Waals surface area contributed by atoms with Gasteiger partial charge < -0.3 is 0 Å². The number of hydrogen-bond acceptors (Lipinski definition) is 0. The Balaban J connectivity index is 1.63. The molecule has 0 aromatic heterocycles. The second-order valence-electron chi connectivity index (χ2n) is 8.89. The molecule has 7 saturated carbocycles. The van der Waals surface area contributed by atoms with Gasteiger partial charge in [0.15, 0.2) is 0 Å². The van der Waals surface area contributed by atoms with Crippen LogP contribution in [-0.4, -0.2) is 0 Å². The lowest BCUT2D eigenvalue weighted by molar-refractivity contribution is -0.257. The van der Waals surface area contributed by atoms with Crippen LogP contribution in [0.1, 0.15) is 52.9 Å². The van der Waals surface area contributed by atoms with Crippen LogP contribution >= 0.6 is 0 Å². The summed E-state index contributed by atoms with van der Waals surface area (Å²) in [6.07, 6.45) is 7.10. The van der Waals surface area contributed by atoms with Crippen LogP contribution in [0.25, 0.3) is 0 Å². The van der Waals surface area contributed by atoms with E-state index in [0.29, 0.717) is 10.8 Å². The molecule has 7 rings (SSSR count). The normalized spacial score (nSPS) is 61.2. The van der Waals surface area contributed by atoms with Gasteiger partial charge >= 0.3 is 0 Å². The molecule has 0 nitrogen and oxygen atoms in total. The molecule has 0 heteroatoms. The van der Waals surface area contributed by atoms with Gasteiger partial charge in [-0.25, -0.2) is 0 Å². The minimum Gasteiger partial charge on any atom is -0.106 e. The summed E-state index contributed by atoms with van der Waals surface area (Å²) in [6.45, 7) is 6.65. The van der Waals surface area contributed by atoms with Crippen molar-refractivity contribution in [3.05, 3.63) is 0 Å². The zero-order chi connectivity index (χ0) is 14.4. The molecule has 0 aromatic carbocycles. The standard InChI is InChI=1S/C21H26/c1-4-6-20-8-14-15-11-21(7-5-2)12-16(14)18(10-20)19(13(21)3)17(15)9-20/h13-19H,8-12H2,1-3H3. The highest BCUT2D eigenvalue weighted by Crippen LogP contribution is 2.77. The van der Waals surface area contributed by atoms with E-state index in [9.17, 15) is 0 Å². The fraction of sp³-hybridized carbons (Fsp3) is 0.810. The van der Waals surface area contributed by atoms with Crippen molar-refractivity contribution >= 4 is 0 Å². The van der Waals surface area contributed by atoms with E-state index in [1.165, 1.54) is 32.1 Å². The maximum atomic E-state index is 3.72. The highest BCUT2D eigenvalue weighted by Gasteiger charge is 2.72. The summed E-state index contributed by atoms with van der Waals surface area (Å²) in [5, 5.41) is 0. The van der Waals surface area contributed by atoms with Gasteiger partial charge in [-0.3, -0.25) is 0 Å². The Labute approximate surface area is 129 Å². The van der Waals surface area contributed by atoms with Gasteiger partial charge in [-0.2, -0.15) is 0 Å². The highest BCUT2D eigenvalue weighted by molar-refractivity contribution is 5.30. The van der Waals surface area contributed by atoms with Crippen LogP contribution in [0, 0.1) is 75.9 Å². The van der Waals surface area contributed by atoms with Crippen LogP contribution in [0.4, 0.5) is 0 Å². The van der Waals surface area contributed by atoms with Gasteiger partial charge in [0.05, 0.1) is 0 Å². The molecule has 7 aliphatic rings. The Kier molecular flexibility index (Phi) is 2.24. The quantitative estimate of drug-likeness (QED) is 0.578. The molecule has 0 aromatic rings. The molecular weight excluding hydrogens is 252 g/mol. The van der Waals surface area contributed by atoms with Gasteiger partial charge in [-0.05, 0) is 87.4 Å². The van der Waals surface area contributed by atoms with Crippen molar-refractivity contribution in [1.29, 1.82) is 0 Å². The molecule has 7 fully saturated rings. The van der Waals surface area contributed by atoms with E-state index in [4.69, 9.17) is 0 Å². The Morgan fingerprint density at radius 3 is 1.81 bits per heavy atom. The van der Waals surface area contributed by atoms with E-state index >= 15 is 0 Å². The monoisotopic (exact) mass is 278 g/mol. The third kappa shape index (κ3) is 1.28. The Morgan fingerprint density at radius 1 is 0.714 bits per heavy atom. The van der Waals surface area contributed by atoms with E-state index in [1.54, 1.807) is 0 Å². The maximum absolute atomic E-state index is 3.72. The minimum atomic E-state index is 0.395. The first-order valence-corrected chi connectivity index (χ1v) is 9.01. The van der Waals surface area contributed by atoms with Crippen LogP contribution < -0.4 is 0 Å². The van der Waals surface area contributed by atoms with Gasteiger partial charge in [-0.15, -0.1) is 11.8 Å². The van der Waals surface area contributed by atoms with Crippen molar-refractivity contribution < 1.29 is 0 Å². The molecule has 110 valence electrons. The van der Waals surface area contributed by atoms with E-state index < -0.39 is 0 Å². The van der Waals surface area contributed by atoms with E-state index in [1.807, 2.05) is 6.92 Å². The van der Waals surface area contributed by atoms with E-state index in [0.717, 1.165) is 41.4 Å². The molecule has 0 heterocycles. The zero-order valence-corrected chi connectivity index (χ0v) is 13.6. The molecular formula is C21H26. The summed E-state index contributed by atoms with van der Waals surface area (Å²) in [7, 11) is 0. The lowest BCUT2D eigenvalue weighted by atomic mass is 9.28. The van der Waals surface area contributed by atoms with Crippen molar-refractivity contribution in [3.63, 3.8) is 0 Å². The SMILES string of the molecule is CC#CC12CC3C4CC5(C#CC)CC3C(C1)C(C4C2)C5C.